The Kier molecular flexibility index (Phi) is 10.6. The van der Waals surface area contributed by atoms with Crippen molar-refractivity contribution in [1.82, 2.24) is 4.31 Å². The highest BCUT2D eigenvalue weighted by Crippen LogP contribution is 2.30. The van der Waals surface area contributed by atoms with Gasteiger partial charge in [0, 0.05) is 31.5 Å². The number of sulfonamides is 1. The zero-order chi connectivity index (χ0) is 28.7. The van der Waals surface area contributed by atoms with Gasteiger partial charge >= 0.3 is 5.97 Å². The molecule has 220 valence electrons. The second-order valence-corrected chi connectivity index (χ2v) is 13.0. The van der Waals surface area contributed by atoms with Crippen molar-refractivity contribution in [3.8, 4) is 5.75 Å². The van der Waals surface area contributed by atoms with Gasteiger partial charge in [0.2, 0.25) is 10.0 Å². The van der Waals surface area contributed by atoms with Gasteiger partial charge in [0.25, 0.3) is 0 Å². The molecule has 5 atom stereocenters. The second kappa shape index (κ2) is 13.9. The van der Waals surface area contributed by atoms with E-state index in [1.807, 2.05) is 44.2 Å². The van der Waals surface area contributed by atoms with Crippen LogP contribution < -0.4 is 4.74 Å². The van der Waals surface area contributed by atoms with Gasteiger partial charge in [-0.2, -0.15) is 4.31 Å². The fourth-order valence-electron chi connectivity index (χ4n) is 5.40. The first-order valence-electron chi connectivity index (χ1n) is 13.9. The maximum atomic E-state index is 13.6. The number of hydrogen-bond acceptors (Lipinski definition) is 8. The molecule has 0 spiro atoms. The summed E-state index contributed by atoms with van der Waals surface area (Å²) in [6, 6.07) is 15.7. The molecule has 0 radical (unpaired) electrons. The van der Waals surface area contributed by atoms with Crippen molar-refractivity contribution < 1.29 is 37.3 Å². The summed E-state index contributed by atoms with van der Waals surface area (Å²) in [5, 5.41) is 11.5. The van der Waals surface area contributed by atoms with Crippen LogP contribution in [0.2, 0.25) is 0 Å². The zero-order valence-corrected chi connectivity index (χ0v) is 24.3. The van der Waals surface area contributed by atoms with Crippen LogP contribution in [0.1, 0.15) is 32.3 Å². The average Bonchev–Trinajstić information content (AvgIpc) is 3.43. The highest BCUT2D eigenvalue weighted by atomic mass is 32.2. The van der Waals surface area contributed by atoms with E-state index >= 15 is 0 Å². The zero-order valence-electron chi connectivity index (χ0n) is 23.5. The molecule has 2 saturated heterocycles. The first kappa shape index (κ1) is 30.5. The number of fused-ring (bicyclic) bond motifs is 1. The van der Waals surface area contributed by atoms with E-state index in [0.29, 0.717) is 25.4 Å². The number of benzene rings is 2. The minimum atomic E-state index is -3.92. The van der Waals surface area contributed by atoms with E-state index in [9.17, 15) is 18.3 Å². The predicted molar refractivity (Wildman–Crippen MR) is 149 cm³/mol. The molecule has 2 aromatic rings. The van der Waals surface area contributed by atoms with Crippen molar-refractivity contribution in [2.75, 3.05) is 40.0 Å². The molecule has 2 aliphatic rings. The third-order valence-electron chi connectivity index (χ3n) is 7.50. The predicted octanol–water partition coefficient (Wildman–Crippen LogP) is 3.30. The number of ether oxygens (including phenoxy) is 4. The molecule has 2 aliphatic heterocycles. The van der Waals surface area contributed by atoms with Gasteiger partial charge in [0.15, 0.2) is 6.10 Å². The van der Waals surface area contributed by atoms with Crippen LogP contribution in [0.4, 0.5) is 0 Å². The van der Waals surface area contributed by atoms with Crippen molar-refractivity contribution in [3.05, 3.63) is 60.2 Å². The molecule has 2 aromatic carbocycles. The van der Waals surface area contributed by atoms with Crippen LogP contribution in [0.3, 0.4) is 0 Å². The SMILES string of the molecule is COc1ccc(S(=O)(=O)N(CC(C)C)C[C@@H](O)[C@@H](CC(=O)OC2COCC3CCOC32)Cc2ccccc2)cc1. The molecule has 0 amide bonds. The van der Waals surface area contributed by atoms with Gasteiger partial charge in [-0.3, -0.25) is 4.79 Å². The van der Waals surface area contributed by atoms with Crippen LogP contribution in [0.5, 0.6) is 5.75 Å². The van der Waals surface area contributed by atoms with E-state index in [1.54, 1.807) is 12.1 Å². The van der Waals surface area contributed by atoms with Gasteiger partial charge in [0.05, 0.1) is 37.7 Å². The molecule has 9 nitrogen and oxygen atoms in total. The number of carbonyl (C=O) groups is 1. The maximum Gasteiger partial charge on any atom is 0.306 e. The standard InChI is InChI=1S/C30H41NO8S/c1-21(2)17-31(40(34,35)26-11-9-25(36-3)10-12-26)18-27(32)24(15-22-7-5-4-6-8-22)16-29(33)39-28-20-37-19-23-13-14-38-30(23)28/h4-12,21,23-24,27-28,30,32H,13-20H2,1-3H3/t23?,24-,27-,28?,30?/m1/s1. The Balaban J connectivity index is 1.51. The van der Waals surface area contributed by atoms with Crippen molar-refractivity contribution in [3.63, 3.8) is 0 Å². The Morgan fingerprint density at radius 1 is 1.07 bits per heavy atom. The summed E-state index contributed by atoms with van der Waals surface area (Å²) in [6.07, 6.45) is -0.580. The lowest BCUT2D eigenvalue weighted by molar-refractivity contribution is -0.174. The Morgan fingerprint density at radius 3 is 2.48 bits per heavy atom. The van der Waals surface area contributed by atoms with Crippen LogP contribution >= 0.6 is 0 Å². The van der Waals surface area contributed by atoms with Crippen molar-refractivity contribution in [1.29, 1.82) is 0 Å². The number of esters is 1. The maximum absolute atomic E-state index is 13.6. The molecule has 0 aromatic heterocycles. The van der Waals surface area contributed by atoms with E-state index in [4.69, 9.17) is 18.9 Å². The third kappa shape index (κ3) is 7.82. The minimum Gasteiger partial charge on any atom is -0.497 e. The number of carbonyl (C=O) groups excluding carboxylic acids is 1. The van der Waals surface area contributed by atoms with Crippen molar-refractivity contribution >= 4 is 16.0 Å². The van der Waals surface area contributed by atoms with E-state index < -0.39 is 34.1 Å². The summed E-state index contributed by atoms with van der Waals surface area (Å²) < 4.78 is 51.0. The van der Waals surface area contributed by atoms with Crippen LogP contribution in [0, 0.1) is 17.8 Å². The summed E-state index contributed by atoms with van der Waals surface area (Å²) >= 11 is 0. The summed E-state index contributed by atoms with van der Waals surface area (Å²) in [5.74, 6) is -0.250. The molecule has 0 aliphatic carbocycles. The number of aliphatic hydroxyl groups excluding tert-OH is 1. The monoisotopic (exact) mass is 575 g/mol. The van der Waals surface area contributed by atoms with Gasteiger partial charge in [-0.05, 0) is 48.6 Å². The first-order chi connectivity index (χ1) is 19.2. The molecule has 0 bridgehead atoms. The van der Waals surface area contributed by atoms with Crippen LogP contribution in [0.15, 0.2) is 59.5 Å². The number of aliphatic hydroxyl groups is 1. The van der Waals surface area contributed by atoms with E-state index in [-0.39, 0.29) is 49.0 Å². The lowest BCUT2D eigenvalue weighted by Gasteiger charge is -2.33. The van der Waals surface area contributed by atoms with E-state index in [0.717, 1.165) is 12.0 Å². The molecule has 1 N–H and O–H groups in total. The summed E-state index contributed by atoms with van der Waals surface area (Å²) in [6.45, 7) is 5.41. The number of methoxy groups -OCH3 is 1. The van der Waals surface area contributed by atoms with Crippen molar-refractivity contribution in [2.24, 2.45) is 17.8 Å². The molecule has 3 unspecified atom stereocenters. The van der Waals surface area contributed by atoms with Crippen molar-refractivity contribution in [2.45, 2.75) is 56.3 Å². The quantitative estimate of drug-likeness (QED) is 0.362. The van der Waals surface area contributed by atoms with Gasteiger partial charge in [0.1, 0.15) is 11.9 Å². The number of hydrogen-bond donors (Lipinski definition) is 1. The summed E-state index contributed by atoms with van der Waals surface area (Å²) in [7, 11) is -2.40. The summed E-state index contributed by atoms with van der Waals surface area (Å²) in [5.41, 5.74) is 0.938. The Bertz CT molecular complexity index is 1190. The smallest absolute Gasteiger partial charge is 0.306 e. The molecular weight excluding hydrogens is 534 g/mol. The number of rotatable bonds is 13. The van der Waals surface area contributed by atoms with Gasteiger partial charge in [-0.1, -0.05) is 44.2 Å². The topological polar surface area (TPSA) is 112 Å². The molecule has 4 rings (SSSR count). The molecular formula is C30H41NO8S. The molecule has 0 saturated carbocycles. The second-order valence-electron chi connectivity index (χ2n) is 11.1. The fourth-order valence-corrected chi connectivity index (χ4v) is 7.02. The Morgan fingerprint density at radius 2 is 1.80 bits per heavy atom. The molecule has 2 fully saturated rings. The summed E-state index contributed by atoms with van der Waals surface area (Å²) in [4.78, 5) is 13.3. The Labute approximate surface area is 237 Å². The van der Waals surface area contributed by atoms with Crippen LogP contribution in [-0.4, -0.2) is 82.1 Å². The van der Waals surface area contributed by atoms with Gasteiger partial charge in [-0.15, -0.1) is 0 Å². The lowest BCUT2D eigenvalue weighted by Crippen LogP contribution is -2.46. The molecule has 2 heterocycles. The largest absolute Gasteiger partial charge is 0.497 e. The third-order valence-corrected chi connectivity index (χ3v) is 9.34. The molecule has 40 heavy (non-hydrogen) atoms. The van der Waals surface area contributed by atoms with Gasteiger partial charge < -0.3 is 24.1 Å². The highest BCUT2D eigenvalue weighted by molar-refractivity contribution is 7.89. The van der Waals surface area contributed by atoms with E-state index in [1.165, 1.54) is 23.5 Å². The van der Waals surface area contributed by atoms with Crippen LogP contribution in [0.25, 0.3) is 0 Å². The first-order valence-corrected chi connectivity index (χ1v) is 15.4. The van der Waals surface area contributed by atoms with Gasteiger partial charge in [-0.25, -0.2) is 8.42 Å². The average molecular weight is 576 g/mol. The lowest BCUT2D eigenvalue weighted by atomic mass is 9.90. The fraction of sp³-hybridized carbons (Fsp3) is 0.567. The minimum absolute atomic E-state index is 0.0171. The van der Waals surface area contributed by atoms with Crippen LogP contribution in [-0.2, 0) is 35.4 Å². The Hall–Kier alpha value is -2.50. The normalized spacial score (nSPS) is 22.6. The molecule has 10 heteroatoms. The number of nitrogens with zero attached hydrogens (tertiary/aromatic N) is 1. The highest BCUT2D eigenvalue weighted by Gasteiger charge is 2.41. The van der Waals surface area contributed by atoms with E-state index in [2.05, 4.69) is 0 Å².